The molecule has 0 amide bonds. The number of nitrogens with zero attached hydrogens (tertiary/aromatic N) is 1. The predicted molar refractivity (Wildman–Crippen MR) is 150 cm³/mol. The maximum atomic E-state index is 5.38. The van der Waals surface area contributed by atoms with E-state index >= 15 is 0 Å². The van der Waals surface area contributed by atoms with Gasteiger partial charge in [0.1, 0.15) is 0 Å². The van der Waals surface area contributed by atoms with E-state index in [1.807, 2.05) is 0 Å². The van der Waals surface area contributed by atoms with Crippen molar-refractivity contribution in [1.82, 2.24) is 4.98 Å². The van der Waals surface area contributed by atoms with Crippen LogP contribution in [0, 0.1) is 16.7 Å². The molecule has 0 saturated heterocycles. The summed E-state index contributed by atoms with van der Waals surface area (Å²) in [6.07, 6.45) is 2.61. The van der Waals surface area contributed by atoms with Gasteiger partial charge >= 0.3 is 0 Å². The fraction of sp³-hybridized carbons (Fsp3) is 0.303. The van der Waals surface area contributed by atoms with Crippen LogP contribution in [0.1, 0.15) is 45.2 Å². The normalized spacial score (nSPS) is 26.8. The van der Waals surface area contributed by atoms with Crippen LogP contribution in [0.25, 0.3) is 11.3 Å². The van der Waals surface area contributed by atoms with Crippen LogP contribution in [0.2, 0.25) is 0 Å². The standard InChI is InChI=1S/C33H34NP/c1-32(2)27-22-23-33(32,3)30(29-21-13-20-28(34-29)24-14-7-4-8-15-24)31(27)35(25-16-9-5-10-17-25)26-18-11-6-12-19-26/h4-21,27,30-31H,22-23H2,1-3H3/t27-,30-,31+,33+/m1/s1. The lowest BCUT2D eigenvalue weighted by atomic mass is 9.66. The van der Waals surface area contributed by atoms with E-state index in [1.54, 1.807) is 0 Å². The zero-order valence-corrected chi connectivity index (χ0v) is 21.8. The van der Waals surface area contributed by atoms with Crippen LogP contribution in [-0.4, -0.2) is 10.6 Å². The zero-order valence-electron chi connectivity index (χ0n) is 20.9. The van der Waals surface area contributed by atoms with Crippen molar-refractivity contribution in [3.8, 4) is 11.3 Å². The summed E-state index contributed by atoms with van der Waals surface area (Å²) in [6, 6.07) is 40.0. The van der Waals surface area contributed by atoms with Crippen molar-refractivity contribution in [1.29, 1.82) is 0 Å². The van der Waals surface area contributed by atoms with Crippen molar-refractivity contribution in [3.63, 3.8) is 0 Å². The minimum atomic E-state index is -0.524. The summed E-state index contributed by atoms with van der Waals surface area (Å²) in [5, 5.41) is 2.99. The topological polar surface area (TPSA) is 12.9 Å². The molecular formula is C33H34NP. The van der Waals surface area contributed by atoms with Gasteiger partial charge in [-0.25, -0.2) is 0 Å². The molecule has 2 aliphatic rings. The molecule has 1 aromatic heterocycles. The van der Waals surface area contributed by atoms with Crippen LogP contribution in [-0.2, 0) is 0 Å². The summed E-state index contributed by atoms with van der Waals surface area (Å²) in [7, 11) is -0.524. The van der Waals surface area contributed by atoms with E-state index < -0.39 is 7.92 Å². The van der Waals surface area contributed by atoms with Gasteiger partial charge in [0.25, 0.3) is 0 Å². The Kier molecular flexibility index (Phi) is 5.65. The smallest absolute Gasteiger partial charge is 0.0705 e. The third kappa shape index (κ3) is 3.59. The molecule has 2 heteroatoms. The van der Waals surface area contributed by atoms with Crippen molar-refractivity contribution < 1.29 is 0 Å². The van der Waals surface area contributed by atoms with E-state index in [-0.39, 0.29) is 10.8 Å². The summed E-state index contributed by atoms with van der Waals surface area (Å²) in [5.41, 5.74) is 4.66. The number of fused-ring (bicyclic) bond motifs is 2. The van der Waals surface area contributed by atoms with Crippen LogP contribution in [0.3, 0.4) is 0 Å². The van der Waals surface area contributed by atoms with Gasteiger partial charge in [0.15, 0.2) is 0 Å². The minimum absolute atomic E-state index is 0.231. The van der Waals surface area contributed by atoms with Gasteiger partial charge < -0.3 is 0 Å². The Labute approximate surface area is 211 Å². The Morgan fingerprint density at radius 3 is 1.86 bits per heavy atom. The summed E-state index contributed by atoms with van der Waals surface area (Å²) >= 11 is 0. The van der Waals surface area contributed by atoms with Crippen molar-refractivity contribution in [2.75, 3.05) is 0 Å². The molecule has 3 aromatic carbocycles. The fourth-order valence-electron chi connectivity index (χ4n) is 7.22. The van der Waals surface area contributed by atoms with Crippen LogP contribution >= 0.6 is 7.92 Å². The Balaban J connectivity index is 1.54. The molecule has 2 bridgehead atoms. The summed E-state index contributed by atoms with van der Waals surface area (Å²) in [5.74, 6) is 1.12. The first-order chi connectivity index (χ1) is 17.0. The molecule has 0 spiro atoms. The monoisotopic (exact) mass is 475 g/mol. The van der Waals surface area contributed by atoms with Gasteiger partial charge in [-0.15, -0.1) is 0 Å². The van der Waals surface area contributed by atoms with Gasteiger partial charge in [0.2, 0.25) is 0 Å². The van der Waals surface area contributed by atoms with E-state index in [1.165, 1.54) is 34.7 Å². The Hall–Kier alpha value is -2.76. The van der Waals surface area contributed by atoms with Crippen LogP contribution in [0.4, 0.5) is 0 Å². The van der Waals surface area contributed by atoms with E-state index in [2.05, 4.69) is 130 Å². The Morgan fingerprint density at radius 2 is 1.26 bits per heavy atom. The van der Waals surface area contributed by atoms with Crippen LogP contribution in [0.5, 0.6) is 0 Å². The van der Waals surface area contributed by atoms with E-state index in [4.69, 9.17) is 4.98 Å². The van der Waals surface area contributed by atoms with Crippen molar-refractivity contribution in [3.05, 3.63) is 115 Å². The number of pyridine rings is 1. The maximum Gasteiger partial charge on any atom is 0.0705 e. The molecule has 35 heavy (non-hydrogen) atoms. The van der Waals surface area contributed by atoms with Crippen molar-refractivity contribution in [2.45, 2.75) is 45.2 Å². The lowest BCUT2D eigenvalue weighted by Crippen LogP contribution is -2.35. The molecule has 2 saturated carbocycles. The lowest BCUT2D eigenvalue weighted by Gasteiger charge is -2.42. The van der Waals surface area contributed by atoms with Crippen LogP contribution in [0.15, 0.2) is 109 Å². The Bertz CT molecular complexity index is 1260. The first-order valence-corrected chi connectivity index (χ1v) is 14.3. The number of aromatic nitrogens is 1. The first-order valence-electron chi connectivity index (χ1n) is 12.9. The third-order valence-electron chi connectivity index (χ3n) is 9.34. The number of hydrogen-bond donors (Lipinski definition) is 0. The molecule has 0 radical (unpaired) electrons. The average molecular weight is 476 g/mol. The minimum Gasteiger partial charge on any atom is -0.253 e. The van der Waals surface area contributed by atoms with Gasteiger partial charge in [-0.1, -0.05) is 118 Å². The van der Waals surface area contributed by atoms with Crippen molar-refractivity contribution >= 4 is 18.5 Å². The molecule has 0 N–H and O–H groups in total. The second-order valence-corrected chi connectivity index (χ2v) is 13.5. The van der Waals surface area contributed by atoms with Gasteiger partial charge in [0, 0.05) is 17.2 Å². The number of benzene rings is 3. The molecular weight excluding hydrogens is 441 g/mol. The highest BCUT2D eigenvalue weighted by Crippen LogP contribution is 2.76. The van der Waals surface area contributed by atoms with Gasteiger partial charge in [-0.05, 0) is 65.9 Å². The molecule has 1 nitrogen and oxygen atoms in total. The second kappa shape index (κ2) is 8.72. The number of rotatable bonds is 5. The molecule has 2 fully saturated rings. The summed E-state index contributed by atoms with van der Waals surface area (Å²) < 4.78 is 0. The highest BCUT2D eigenvalue weighted by molar-refractivity contribution is 7.73. The SMILES string of the molecule is CC1(C)[C@@H]2CC[C@@]1(C)[C@H](c1cccc(-c3ccccc3)n1)[C@H]2P(c1ccccc1)c1ccccc1. The third-order valence-corrected chi connectivity index (χ3v) is 12.3. The first kappa shape index (κ1) is 22.7. The summed E-state index contributed by atoms with van der Waals surface area (Å²) in [4.78, 5) is 5.38. The van der Waals surface area contributed by atoms with E-state index in [9.17, 15) is 0 Å². The van der Waals surface area contributed by atoms with E-state index in [0.29, 0.717) is 17.5 Å². The number of hydrogen-bond acceptors (Lipinski definition) is 1. The highest BCUT2D eigenvalue weighted by Gasteiger charge is 2.68. The fourth-order valence-corrected chi connectivity index (χ4v) is 10.9. The lowest BCUT2D eigenvalue weighted by molar-refractivity contribution is 0.133. The highest BCUT2D eigenvalue weighted by atomic mass is 31.1. The predicted octanol–water partition coefficient (Wildman–Crippen LogP) is 7.79. The average Bonchev–Trinajstić information content (AvgIpc) is 3.23. The summed E-state index contributed by atoms with van der Waals surface area (Å²) in [6.45, 7) is 7.66. The zero-order chi connectivity index (χ0) is 24.0. The van der Waals surface area contributed by atoms with Gasteiger partial charge in [-0.2, -0.15) is 0 Å². The quantitative estimate of drug-likeness (QED) is 0.269. The molecule has 0 aliphatic heterocycles. The second-order valence-electron chi connectivity index (χ2n) is 11.1. The molecule has 1 heterocycles. The molecule has 0 unspecified atom stereocenters. The van der Waals surface area contributed by atoms with E-state index in [0.717, 1.165) is 5.69 Å². The molecule has 4 atom stereocenters. The van der Waals surface area contributed by atoms with Crippen molar-refractivity contribution in [2.24, 2.45) is 16.7 Å². The molecule has 6 rings (SSSR count). The van der Waals surface area contributed by atoms with Gasteiger partial charge in [-0.3, -0.25) is 4.98 Å². The maximum absolute atomic E-state index is 5.38. The van der Waals surface area contributed by atoms with Crippen LogP contribution < -0.4 is 10.6 Å². The largest absolute Gasteiger partial charge is 0.253 e. The molecule has 4 aromatic rings. The molecule has 2 aliphatic carbocycles. The Morgan fingerprint density at radius 1 is 0.686 bits per heavy atom. The van der Waals surface area contributed by atoms with Gasteiger partial charge in [0.05, 0.1) is 5.69 Å². The molecule has 176 valence electrons.